The maximum absolute atomic E-state index is 13.4. The van der Waals surface area contributed by atoms with Crippen molar-refractivity contribution >= 4 is 0 Å². The molecule has 90 valence electrons. The van der Waals surface area contributed by atoms with Crippen LogP contribution in [-0.4, -0.2) is 15.2 Å². The molecule has 0 amide bonds. The van der Waals surface area contributed by atoms with Crippen LogP contribution in [0.15, 0.2) is 12.1 Å². The predicted octanol–water partition coefficient (Wildman–Crippen LogP) is 3.01. The summed E-state index contributed by atoms with van der Waals surface area (Å²) in [6, 6.07) is 1.96. The molecule has 0 aliphatic rings. The van der Waals surface area contributed by atoms with Crippen molar-refractivity contribution in [3.05, 3.63) is 35.4 Å². The average molecular weight is 241 g/mol. The zero-order valence-electron chi connectivity index (χ0n) is 9.26. The largest absolute Gasteiger partial charge is 0.262 e. The third-order valence-electron chi connectivity index (χ3n) is 2.33. The lowest BCUT2D eigenvalue weighted by Crippen LogP contribution is -1.95. The minimum atomic E-state index is -1.52. The van der Waals surface area contributed by atoms with Crippen LogP contribution in [0.25, 0.3) is 11.4 Å². The maximum atomic E-state index is 13.4. The van der Waals surface area contributed by atoms with E-state index in [4.69, 9.17) is 0 Å². The number of rotatable bonds is 2. The lowest BCUT2D eigenvalue weighted by Gasteiger charge is -2.00. The number of nitrogens with one attached hydrogen (secondary N) is 1. The summed E-state index contributed by atoms with van der Waals surface area (Å²) in [6.07, 6.45) is 0. The Balaban J connectivity index is 2.49. The topological polar surface area (TPSA) is 41.6 Å². The van der Waals surface area contributed by atoms with Crippen molar-refractivity contribution in [1.29, 1.82) is 0 Å². The van der Waals surface area contributed by atoms with Crippen LogP contribution in [0.1, 0.15) is 25.6 Å². The van der Waals surface area contributed by atoms with E-state index >= 15 is 0 Å². The highest BCUT2D eigenvalue weighted by atomic mass is 19.2. The molecule has 0 radical (unpaired) electrons. The zero-order valence-corrected chi connectivity index (χ0v) is 9.26. The van der Waals surface area contributed by atoms with Gasteiger partial charge in [-0.2, -0.15) is 5.10 Å². The molecule has 1 heterocycles. The fourth-order valence-electron chi connectivity index (χ4n) is 1.35. The Kier molecular flexibility index (Phi) is 2.87. The molecule has 0 saturated carbocycles. The highest BCUT2D eigenvalue weighted by Gasteiger charge is 2.18. The van der Waals surface area contributed by atoms with Gasteiger partial charge in [0, 0.05) is 5.92 Å². The first-order valence-corrected chi connectivity index (χ1v) is 5.07. The van der Waals surface area contributed by atoms with E-state index in [0.717, 1.165) is 12.1 Å². The SMILES string of the molecule is CC(C)c1nc(-c2ccc(F)c(F)c2F)n[nH]1. The van der Waals surface area contributed by atoms with Crippen molar-refractivity contribution in [2.45, 2.75) is 19.8 Å². The lowest BCUT2D eigenvalue weighted by molar-refractivity contribution is 0.448. The molecule has 0 unspecified atom stereocenters. The smallest absolute Gasteiger partial charge is 0.195 e. The van der Waals surface area contributed by atoms with Crippen molar-refractivity contribution in [1.82, 2.24) is 15.2 Å². The molecule has 1 aromatic carbocycles. The number of aromatic amines is 1. The molecular weight excluding hydrogens is 231 g/mol. The second kappa shape index (κ2) is 4.20. The number of H-pyrrole nitrogens is 1. The van der Waals surface area contributed by atoms with Crippen molar-refractivity contribution in [2.75, 3.05) is 0 Å². The van der Waals surface area contributed by atoms with Gasteiger partial charge in [0.1, 0.15) is 5.82 Å². The number of halogens is 3. The number of nitrogens with zero attached hydrogens (tertiary/aromatic N) is 2. The zero-order chi connectivity index (χ0) is 12.6. The van der Waals surface area contributed by atoms with Gasteiger partial charge in [0.2, 0.25) is 0 Å². The molecule has 0 bridgehead atoms. The van der Waals surface area contributed by atoms with Crippen molar-refractivity contribution in [2.24, 2.45) is 0 Å². The van der Waals surface area contributed by atoms with E-state index in [9.17, 15) is 13.2 Å². The Bertz CT molecular complexity index is 549. The first-order chi connectivity index (χ1) is 8.00. The van der Waals surface area contributed by atoms with Gasteiger partial charge in [0.05, 0.1) is 5.56 Å². The minimum absolute atomic E-state index is 0.0186. The summed E-state index contributed by atoms with van der Waals surface area (Å²) in [5.41, 5.74) is -0.160. The van der Waals surface area contributed by atoms with Crippen LogP contribution in [-0.2, 0) is 0 Å². The fourth-order valence-corrected chi connectivity index (χ4v) is 1.35. The van der Waals surface area contributed by atoms with Crippen LogP contribution >= 0.6 is 0 Å². The van der Waals surface area contributed by atoms with Crippen molar-refractivity contribution < 1.29 is 13.2 Å². The van der Waals surface area contributed by atoms with Crippen LogP contribution in [0.5, 0.6) is 0 Å². The molecule has 0 spiro atoms. The Morgan fingerprint density at radius 1 is 1.12 bits per heavy atom. The molecule has 6 heteroatoms. The van der Waals surface area contributed by atoms with E-state index in [0.29, 0.717) is 5.82 Å². The molecule has 1 N–H and O–H groups in total. The van der Waals surface area contributed by atoms with Crippen LogP contribution in [0.4, 0.5) is 13.2 Å². The molecular formula is C11H10F3N3. The monoisotopic (exact) mass is 241 g/mol. The van der Waals surface area contributed by atoms with Crippen molar-refractivity contribution in [3.63, 3.8) is 0 Å². The highest BCUT2D eigenvalue weighted by molar-refractivity contribution is 5.55. The Labute approximate surface area is 95.7 Å². The van der Waals surface area contributed by atoms with Gasteiger partial charge in [-0.05, 0) is 12.1 Å². The van der Waals surface area contributed by atoms with E-state index < -0.39 is 17.5 Å². The summed E-state index contributed by atoms with van der Waals surface area (Å²) in [4.78, 5) is 4.02. The Morgan fingerprint density at radius 2 is 1.82 bits per heavy atom. The fraction of sp³-hybridized carbons (Fsp3) is 0.273. The standard InChI is InChI=1S/C11H10F3N3/c1-5(2)10-15-11(17-16-10)6-3-4-7(12)9(14)8(6)13/h3-5H,1-2H3,(H,15,16,17). The normalized spacial score (nSPS) is 11.2. The molecule has 2 rings (SSSR count). The summed E-state index contributed by atoms with van der Waals surface area (Å²) >= 11 is 0. The van der Waals surface area contributed by atoms with E-state index in [1.165, 1.54) is 0 Å². The summed E-state index contributed by atoms with van der Waals surface area (Å²) < 4.78 is 39.2. The third kappa shape index (κ3) is 2.02. The van der Waals surface area contributed by atoms with Gasteiger partial charge in [0.25, 0.3) is 0 Å². The van der Waals surface area contributed by atoms with Gasteiger partial charge in [-0.15, -0.1) is 0 Å². The minimum Gasteiger partial charge on any atom is -0.262 e. The van der Waals surface area contributed by atoms with E-state index in [1.54, 1.807) is 0 Å². The molecule has 0 atom stereocenters. The molecule has 3 nitrogen and oxygen atoms in total. The molecule has 0 saturated heterocycles. The lowest BCUT2D eigenvalue weighted by atomic mass is 10.2. The molecule has 1 aromatic heterocycles. The first-order valence-electron chi connectivity index (χ1n) is 5.07. The molecule has 0 aliphatic carbocycles. The summed E-state index contributed by atoms with van der Waals surface area (Å²) in [6.45, 7) is 3.76. The second-order valence-corrected chi connectivity index (χ2v) is 3.92. The van der Waals surface area contributed by atoms with Crippen LogP contribution in [0.2, 0.25) is 0 Å². The quantitative estimate of drug-likeness (QED) is 0.821. The number of benzene rings is 1. The average Bonchev–Trinajstić information content (AvgIpc) is 2.75. The summed E-state index contributed by atoms with van der Waals surface area (Å²) in [7, 11) is 0. The second-order valence-electron chi connectivity index (χ2n) is 3.92. The molecule has 0 aliphatic heterocycles. The predicted molar refractivity (Wildman–Crippen MR) is 55.8 cm³/mol. The highest BCUT2D eigenvalue weighted by Crippen LogP contribution is 2.23. The van der Waals surface area contributed by atoms with Gasteiger partial charge in [-0.25, -0.2) is 18.2 Å². The van der Waals surface area contributed by atoms with Gasteiger partial charge in [-0.3, -0.25) is 5.10 Å². The molecule has 17 heavy (non-hydrogen) atoms. The van der Waals surface area contributed by atoms with Gasteiger partial charge in [0.15, 0.2) is 23.3 Å². The van der Waals surface area contributed by atoms with Crippen molar-refractivity contribution in [3.8, 4) is 11.4 Å². The summed E-state index contributed by atoms with van der Waals surface area (Å²) in [5, 5.41) is 6.40. The van der Waals surface area contributed by atoms with E-state index in [-0.39, 0.29) is 17.3 Å². The van der Waals surface area contributed by atoms with Gasteiger partial charge < -0.3 is 0 Å². The first kappa shape index (κ1) is 11.6. The van der Waals surface area contributed by atoms with E-state index in [2.05, 4.69) is 15.2 Å². The number of hydrogen-bond donors (Lipinski definition) is 1. The van der Waals surface area contributed by atoms with Crippen LogP contribution in [0, 0.1) is 17.5 Å². The van der Waals surface area contributed by atoms with Crippen LogP contribution < -0.4 is 0 Å². The van der Waals surface area contributed by atoms with Crippen LogP contribution in [0.3, 0.4) is 0 Å². The molecule has 0 fully saturated rings. The number of aromatic nitrogens is 3. The number of hydrogen-bond acceptors (Lipinski definition) is 2. The maximum Gasteiger partial charge on any atom is 0.195 e. The van der Waals surface area contributed by atoms with E-state index in [1.807, 2.05) is 13.8 Å². The Hall–Kier alpha value is -1.85. The van der Waals surface area contributed by atoms with Gasteiger partial charge in [-0.1, -0.05) is 13.8 Å². The molecule has 2 aromatic rings. The summed E-state index contributed by atoms with van der Waals surface area (Å²) in [5.74, 6) is -3.36. The Morgan fingerprint density at radius 3 is 2.41 bits per heavy atom. The van der Waals surface area contributed by atoms with Gasteiger partial charge >= 0.3 is 0 Å². The third-order valence-corrected chi connectivity index (χ3v) is 2.33.